The smallest absolute Gasteiger partial charge is 0.305 e. The summed E-state index contributed by atoms with van der Waals surface area (Å²) in [6.45, 7) is 0. The molecule has 6 nitrogen and oxygen atoms in total. The average Bonchev–Trinajstić information content (AvgIpc) is 2.15. The molecular weight excluding hydrogens is 246 g/mol. The fraction of sp³-hybridized carbons (Fsp3) is 0.300. The van der Waals surface area contributed by atoms with Crippen molar-refractivity contribution in [3.63, 3.8) is 0 Å². The SMILES string of the molecule is CS(=O)(=O)O.NC(CC(=O)O)c1ccccc1. The van der Waals surface area contributed by atoms with Crippen LogP contribution in [0.2, 0.25) is 0 Å². The van der Waals surface area contributed by atoms with Crippen LogP contribution in [0.25, 0.3) is 0 Å². The monoisotopic (exact) mass is 261 g/mol. The maximum Gasteiger partial charge on any atom is 0.305 e. The first kappa shape index (κ1) is 15.6. The Kier molecular flexibility index (Phi) is 6.40. The van der Waals surface area contributed by atoms with Gasteiger partial charge in [-0.1, -0.05) is 30.3 Å². The lowest BCUT2D eigenvalue weighted by atomic mass is 10.1. The maximum absolute atomic E-state index is 10.3. The Balaban J connectivity index is 0.000000437. The molecule has 0 spiro atoms. The van der Waals surface area contributed by atoms with E-state index in [9.17, 15) is 13.2 Å². The van der Waals surface area contributed by atoms with E-state index in [0.717, 1.165) is 5.56 Å². The zero-order chi connectivity index (χ0) is 13.5. The molecule has 4 N–H and O–H groups in total. The molecule has 0 fully saturated rings. The number of hydrogen-bond acceptors (Lipinski definition) is 4. The molecule has 0 saturated carbocycles. The standard InChI is InChI=1S/C9H11NO2.CH4O3S/c10-8(6-9(11)12)7-4-2-1-3-5-7;1-5(2,3)4/h1-5,8H,6,10H2,(H,11,12);1H3,(H,2,3,4). The van der Waals surface area contributed by atoms with Crippen molar-refractivity contribution < 1.29 is 22.9 Å². The normalized spacial score (nSPS) is 12.2. The minimum absolute atomic E-state index is 0.0238. The highest BCUT2D eigenvalue weighted by Crippen LogP contribution is 2.12. The number of rotatable bonds is 3. The van der Waals surface area contributed by atoms with Crippen LogP contribution in [0.1, 0.15) is 18.0 Å². The Morgan fingerprint density at radius 1 is 1.35 bits per heavy atom. The maximum atomic E-state index is 10.3. The predicted molar refractivity (Wildman–Crippen MR) is 63.1 cm³/mol. The zero-order valence-corrected chi connectivity index (χ0v) is 10.1. The second-order valence-electron chi connectivity index (χ2n) is 3.35. The van der Waals surface area contributed by atoms with Crippen molar-refractivity contribution in [2.45, 2.75) is 12.5 Å². The summed E-state index contributed by atoms with van der Waals surface area (Å²) in [5, 5.41) is 8.47. The second kappa shape index (κ2) is 7.00. The molecule has 0 radical (unpaired) electrons. The zero-order valence-electron chi connectivity index (χ0n) is 9.28. The molecule has 1 aromatic carbocycles. The summed E-state index contributed by atoms with van der Waals surface area (Å²) in [4.78, 5) is 10.3. The lowest BCUT2D eigenvalue weighted by molar-refractivity contribution is -0.137. The van der Waals surface area contributed by atoms with Gasteiger partial charge in [0.05, 0.1) is 12.7 Å². The van der Waals surface area contributed by atoms with Crippen LogP contribution in [-0.2, 0) is 14.9 Å². The van der Waals surface area contributed by atoms with Crippen LogP contribution >= 0.6 is 0 Å². The summed E-state index contributed by atoms with van der Waals surface area (Å²) < 4.78 is 25.9. The van der Waals surface area contributed by atoms with Gasteiger partial charge in [-0.3, -0.25) is 9.35 Å². The molecule has 0 aliphatic carbocycles. The van der Waals surface area contributed by atoms with Crippen LogP contribution in [0.5, 0.6) is 0 Å². The Hall–Kier alpha value is -1.44. The molecule has 1 unspecified atom stereocenters. The lowest BCUT2D eigenvalue weighted by Gasteiger charge is -2.07. The number of benzene rings is 1. The summed E-state index contributed by atoms with van der Waals surface area (Å²) in [5.41, 5.74) is 6.48. The Morgan fingerprint density at radius 2 is 1.76 bits per heavy atom. The molecule has 96 valence electrons. The highest BCUT2D eigenvalue weighted by molar-refractivity contribution is 7.85. The van der Waals surface area contributed by atoms with Gasteiger partial charge < -0.3 is 10.8 Å². The van der Waals surface area contributed by atoms with Crippen molar-refractivity contribution in [1.29, 1.82) is 0 Å². The number of carboxylic acid groups (broad SMARTS) is 1. The molecule has 0 aromatic heterocycles. The molecule has 0 aliphatic rings. The minimum Gasteiger partial charge on any atom is -0.481 e. The first-order chi connectivity index (χ1) is 7.70. The van der Waals surface area contributed by atoms with Crippen LogP contribution in [0, 0.1) is 0 Å². The van der Waals surface area contributed by atoms with E-state index >= 15 is 0 Å². The van der Waals surface area contributed by atoms with E-state index in [1.807, 2.05) is 30.3 Å². The van der Waals surface area contributed by atoms with E-state index in [1.165, 1.54) is 0 Å². The van der Waals surface area contributed by atoms with Crippen molar-refractivity contribution in [2.75, 3.05) is 6.26 Å². The molecule has 0 heterocycles. The summed E-state index contributed by atoms with van der Waals surface area (Å²) in [5.74, 6) is -0.869. The summed E-state index contributed by atoms with van der Waals surface area (Å²) in [7, 11) is -3.67. The van der Waals surface area contributed by atoms with Crippen molar-refractivity contribution in [3.05, 3.63) is 35.9 Å². The van der Waals surface area contributed by atoms with Crippen LogP contribution in [-0.4, -0.2) is 30.3 Å². The van der Waals surface area contributed by atoms with Gasteiger partial charge in [-0.25, -0.2) is 0 Å². The van der Waals surface area contributed by atoms with Crippen LogP contribution < -0.4 is 5.73 Å². The van der Waals surface area contributed by atoms with E-state index in [-0.39, 0.29) is 6.42 Å². The molecule has 7 heteroatoms. The van der Waals surface area contributed by atoms with Crippen molar-refractivity contribution in [2.24, 2.45) is 5.73 Å². The summed E-state index contributed by atoms with van der Waals surface area (Å²) in [6, 6.07) is 8.82. The third-order valence-corrected chi connectivity index (χ3v) is 1.62. The third-order valence-electron chi connectivity index (χ3n) is 1.62. The van der Waals surface area contributed by atoms with Gasteiger partial charge in [0.25, 0.3) is 10.1 Å². The molecular formula is C10H15NO5S. The van der Waals surface area contributed by atoms with Gasteiger partial charge in [0, 0.05) is 6.04 Å². The van der Waals surface area contributed by atoms with Gasteiger partial charge in [-0.2, -0.15) is 8.42 Å². The largest absolute Gasteiger partial charge is 0.481 e. The number of carboxylic acids is 1. The average molecular weight is 261 g/mol. The second-order valence-corrected chi connectivity index (χ2v) is 4.81. The number of aliphatic carboxylic acids is 1. The van der Waals surface area contributed by atoms with Gasteiger partial charge in [0.15, 0.2) is 0 Å². The molecule has 1 atom stereocenters. The molecule has 17 heavy (non-hydrogen) atoms. The van der Waals surface area contributed by atoms with E-state index in [2.05, 4.69) is 0 Å². The van der Waals surface area contributed by atoms with E-state index in [4.69, 9.17) is 15.4 Å². The van der Waals surface area contributed by atoms with E-state index in [0.29, 0.717) is 6.26 Å². The predicted octanol–water partition coefficient (Wildman–Crippen LogP) is 0.665. The quantitative estimate of drug-likeness (QED) is 0.688. The molecule has 0 saturated heterocycles. The molecule has 1 rings (SSSR count). The molecule has 0 bridgehead atoms. The molecule has 0 amide bonds. The fourth-order valence-electron chi connectivity index (χ4n) is 1.01. The van der Waals surface area contributed by atoms with Gasteiger partial charge in [-0.15, -0.1) is 0 Å². The number of carbonyl (C=O) groups is 1. The van der Waals surface area contributed by atoms with Gasteiger partial charge in [0.2, 0.25) is 0 Å². The minimum atomic E-state index is -3.67. The summed E-state index contributed by atoms with van der Waals surface area (Å²) >= 11 is 0. The van der Waals surface area contributed by atoms with Gasteiger partial charge in [-0.05, 0) is 5.56 Å². The highest BCUT2D eigenvalue weighted by Gasteiger charge is 2.08. The summed E-state index contributed by atoms with van der Waals surface area (Å²) in [6.07, 6.45) is 0.691. The molecule has 0 aliphatic heterocycles. The topological polar surface area (TPSA) is 118 Å². The highest BCUT2D eigenvalue weighted by atomic mass is 32.2. The van der Waals surface area contributed by atoms with Gasteiger partial charge >= 0.3 is 5.97 Å². The Labute approximate surface area is 99.8 Å². The lowest BCUT2D eigenvalue weighted by Crippen LogP contribution is -2.14. The van der Waals surface area contributed by atoms with Crippen molar-refractivity contribution in [1.82, 2.24) is 0 Å². The Bertz CT molecular complexity index is 435. The number of nitrogens with two attached hydrogens (primary N) is 1. The van der Waals surface area contributed by atoms with Crippen LogP contribution in [0.3, 0.4) is 0 Å². The van der Waals surface area contributed by atoms with E-state index in [1.54, 1.807) is 0 Å². The first-order valence-electron chi connectivity index (χ1n) is 4.65. The third kappa shape index (κ3) is 10.8. The Morgan fingerprint density at radius 3 is 2.12 bits per heavy atom. The van der Waals surface area contributed by atoms with Crippen LogP contribution in [0.15, 0.2) is 30.3 Å². The number of hydrogen-bond donors (Lipinski definition) is 3. The van der Waals surface area contributed by atoms with Crippen LogP contribution in [0.4, 0.5) is 0 Å². The van der Waals surface area contributed by atoms with Crippen molar-refractivity contribution >= 4 is 16.1 Å². The molecule has 1 aromatic rings. The fourth-order valence-corrected chi connectivity index (χ4v) is 1.01. The van der Waals surface area contributed by atoms with Crippen molar-refractivity contribution in [3.8, 4) is 0 Å². The van der Waals surface area contributed by atoms with Gasteiger partial charge in [0.1, 0.15) is 0 Å². The van der Waals surface area contributed by atoms with E-state index < -0.39 is 22.1 Å². The first-order valence-corrected chi connectivity index (χ1v) is 6.49.